The van der Waals surface area contributed by atoms with E-state index in [0.717, 1.165) is 18.6 Å². The third kappa shape index (κ3) is 6.86. The van der Waals surface area contributed by atoms with E-state index >= 15 is 0 Å². The zero-order valence-electron chi connectivity index (χ0n) is 14.5. The molecule has 5 unspecified atom stereocenters. The van der Waals surface area contributed by atoms with Gasteiger partial charge in [0.2, 0.25) is 0 Å². The van der Waals surface area contributed by atoms with Crippen LogP contribution in [0, 0.1) is 11.8 Å². The van der Waals surface area contributed by atoms with Crippen LogP contribution in [0.5, 0.6) is 0 Å². The third-order valence-electron chi connectivity index (χ3n) is 4.21. The van der Waals surface area contributed by atoms with Crippen molar-refractivity contribution in [3.8, 4) is 0 Å². The van der Waals surface area contributed by atoms with E-state index in [1.807, 2.05) is 0 Å². The number of carbonyl (C=O) groups excluding carboxylic acids is 1. The highest BCUT2D eigenvalue weighted by atomic mass is 32.2. The molecule has 3 N–H and O–H groups in total. The van der Waals surface area contributed by atoms with Crippen molar-refractivity contribution in [2.75, 3.05) is 26.5 Å². The Labute approximate surface area is 138 Å². The maximum absolute atomic E-state index is 10.7. The van der Waals surface area contributed by atoms with Gasteiger partial charge in [-0.25, -0.2) is 0 Å². The zero-order chi connectivity index (χ0) is 16.9. The smallest absolute Gasteiger partial charge is 0.302 e. The second-order valence-electron chi connectivity index (χ2n) is 6.91. The van der Waals surface area contributed by atoms with E-state index in [9.17, 15) is 9.90 Å². The molecule has 0 aromatic carbocycles. The lowest BCUT2D eigenvalue weighted by Gasteiger charge is -2.30. The molecule has 22 heavy (non-hydrogen) atoms. The Morgan fingerprint density at radius 2 is 2.09 bits per heavy atom. The second kappa shape index (κ2) is 9.11. The molecule has 0 aliphatic heterocycles. The number of nitrogens with two attached hydrogens (primary N) is 1. The maximum atomic E-state index is 10.7. The summed E-state index contributed by atoms with van der Waals surface area (Å²) in [4.78, 5) is 12.9. The molecule has 0 aromatic rings. The maximum Gasteiger partial charge on any atom is 0.302 e. The molecule has 6 heteroatoms. The van der Waals surface area contributed by atoms with Crippen LogP contribution in [0.3, 0.4) is 0 Å². The van der Waals surface area contributed by atoms with Gasteiger partial charge < -0.3 is 20.5 Å². The molecule has 5 nitrogen and oxygen atoms in total. The van der Waals surface area contributed by atoms with Crippen molar-refractivity contribution < 1.29 is 14.6 Å². The fourth-order valence-electron chi connectivity index (χ4n) is 2.81. The standard InChI is InChI=1S/C16H32N2O3S/c1-10(2)14(18(4)5)7-15(20)13-6-16(13)22-9-12(17)8-21-11(3)19/h10,12-16,20H,6-9,17H2,1-5H3. The van der Waals surface area contributed by atoms with Crippen LogP contribution in [0.2, 0.25) is 0 Å². The first-order valence-electron chi connectivity index (χ1n) is 8.07. The number of aliphatic hydroxyl groups is 1. The molecule has 0 radical (unpaired) electrons. The predicted molar refractivity (Wildman–Crippen MR) is 91.9 cm³/mol. The number of hydrogen-bond acceptors (Lipinski definition) is 6. The minimum atomic E-state index is -0.288. The summed E-state index contributed by atoms with van der Waals surface area (Å²) in [6.07, 6.45) is 1.65. The molecule has 5 atom stereocenters. The normalized spacial score (nSPS) is 25.1. The second-order valence-corrected chi connectivity index (χ2v) is 8.18. The van der Waals surface area contributed by atoms with Crippen molar-refractivity contribution in [1.29, 1.82) is 0 Å². The molecular formula is C16H32N2O3S. The Morgan fingerprint density at radius 3 is 2.59 bits per heavy atom. The number of aliphatic hydroxyl groups excluding tert-OH is 1. The van der Waals surface area contributed by atoms with Crippen molar-refractivity contribution in [2.45, 2.75) is 57.1 Å². The largest absolute Gasteiger partial charge is 0.464 e. The van der Waals surface area contributed by atoms with Gasteiger partial charge in [-0.15, -0.1) is 0 Å². The summed E-state index contributed by atoms with van der Waals surface area (Å²) in [6.45, 7) is 6.07. The van der Waals surface area contributed by atoms with Gasteiger partial charge in [-0.05, 0) is 38.8 Å². The van der Waals surface area contributed by atoms with E-state index in [2.05, 4.69) is 32.8 Å². The molecular weight excluding hydrogens is 300 g/mol. The number of ether oxygens (including phenoxy) is 1. The summed E-state index contributed by atoms with van der Waals surface area (Å²) in [5, 5.41) is 10.9. The summed E-state index contributed by atoms with van der Waals surface area (Å²) in [6, 6.07) is 0.282. The molecule has 0 heterocycles. The highest BCUT2D eigenvalue weighted by Crippen LogP contribution is 2.45. The topological polar surface area (TPSA) is 75.8 Å². The van der Waals surface area contributed by atoms with Crippen molar-refractivity contribution >= 4 is 17.7 Å². The highest BCUT2D eigenvalue weighted by Gasteiger charge is 2.43. The van der Waals surface area contributed by atoms with Crippen LogP contribution in [0.15, 0.2) is 0 Å². The van der Waals surface area contributed by atoms with E-state index in [1.165, 1.54) is 6.92 Å². The van der Waals surface area contributed by atoms with Crippen LogP contribution in [0.25, 0.3) is 0 Å². The molecule has 1 rings (SSSR count). The average Bonchev–Trinajstić information content (AvgIpc) is 3.18. The molecule has 1 fully saturated rings. The Hall–Kier alpha value is -0.300. The third-order valence-corrected chi connectivity index (χ3v) is 5.80. The quantitative estimate of drug-likeness (QED) is 0.588. The van der Waals surface area contributed by atoms with Crippen LogP contribution in [-0.2, 0) is 9.53 Å². The SMILES string of the molecule is CC(=O)OCC(N)CSC1CC1C(O)CC(C(C)C)N(C)C. The molecule has 1 aliphatic rings. The van der Waals surface area contributed by atoms with Crippen molar-refractivity contribution in [3.05, 3.63) is 0 Å². The van der Waals surface area contributed by atoms with Gasteiger partial charge in [-0.2, -0.15) is 11.8 Å². The Kier molecular flexibility index (Phi) is 8.17. The number of rotatable bonds is 10. The minimum Gasteiger partial charge on any atom is -0.464 e. The van der Waals surface area contributed by atoms with Crippen LogP contribution in [0.4, 0.5) is 0 Å². The van der Waals surface area contributed by atoms with Gasteiger partial charge >= 0.3 is 5.97 Å². The van der Waals surface area contributed by atoms with Crippen molar-refractivity contribution in [1.82, 2.24) is 4.90 Å². The number of carbonyl (C=O) groups is 1. The summed E-state index contributed by atoms with van der Waals surface area (Å²) in [7, 11) is 4.15. The van der Waals surface area contributed by atoms with Crippen LogP contribution < -0.4 is 5.73 Å². The van der Waals surface area contributed by atoms with Gasteiger partial charge in [0, 0.05) is 30.0 Å². The van der Waals surface area contributed by atoms with Gasteiger partial charge in [0.05, 0.1) is 6.10 Å². The molecule has 130 valence electrons. The Balaban J connectivity index is 2.25. The fraction of sp³-hybridized carbons (Fsp3) is 0.938. The molecule has 0 spiro atoms. The van der Waals surface area contributed by atoms with E-state index in [1.54, 1.807) is 11.8 Å². The summed E-state index contributed by atoms with van der Waals surface area (Å²) >= 11 is 1.79. The Morgan fingerprint density at radius 1 is 1.45 bits per heavy atom. The fourth-order valence-corrected chi connectivity index (χ4v) is 4.18. The summed E-state index contributed by atoms with van der Waals surface area (Å²) in [5.74, 6) is 1.39. The number of hydrogen-bond donors (Lipinski definition) is 2. The monoisotopic (exact) mass is 332 g/mol. The van der Waals surface area contributed by atoms with Crippen molar-refractivity contribution in [3.63, 3.8) is 0 Å². The first kappa shape index (κ1) is 19.7. The van der Waals surface area contributed by atoms with E-state index < -0.39 is 0 Å². The van der Waals surface area contributed by atoms with E-state index in [0.29, 0.717) is 23.1 Å². The number of nitrogens with zero attached hydrogens (tertiary/aromatic N) is 1. The van der Waals surface area contributed by atoms with Gasteiger partial charge in [0.1, 0.15) is 6.61 Å². The van der Waals surface area contributed by atoms with Gasteiger partial charge in [-0.1, -0.05) is 13.8 Å². The van der Waals surface area contributed by atoms with Crippen LogP contribution >= 0.6 is 11.8 Å². The van der Waals surface area contributed by atoms with Crippen LogP contribution in [-0.4, -0.2) is 65.9 Å². The molecule has 1 aliphatic carbocycles. The van der Waals surface area contributed by atoms with Gasteiger partial charge in [0.25, 0.3) is 0 Å². The van der Waals surface area contributed by atoms with Crippen LogP contribution in [0.1, 0.15) is 33.6 Å². The summed E-state index contributed by atoms with van der Waals surface area (Å²) in [5.41, 5.74) is 5.91. The first-order chi connectivity index (χ1) is 10.2. The van der Waals surface area contributed by atoms with E-state index in [4.69, 9.17) is 10.5 Å². The lowest BCUT2D eigenvalue weighted by Crippen LogP contribution is -2.36. The van der Waals surface area contributed by atoms with Crippen molar-refractivity contribution in [2.24, 2.45) is 17.6 Å². The molecule has 0 saturated heterocycles. The Bertz CT molecular complexity index is 344. The summed E-state index contributed by atoms with van der Waals surface area (Å²) < 4.78 is 4.90. The molecule has 0 aromatic heterocycles. The molecule has 0 bridgehead atoms. The first-order valence-corrected chi connectivity index (χ1v) is 9.12. The average molecular weight is 333 g/mol. The molecule has 1 saturated carbocycles. The lowest BCUT2D eigenvalue weighted by atomic mass is 9.95. The predicted octanol–water partition coefficient (Wildman–Crippen LogP) is 1.34. The highest BCUT2D eigenvalue weighted by molar-refractivity contribution is 8.00. The lowest BCUT2D eigenvalue weighted by molar-refractivity contribution is -0.141. The zero-order valence-corrected chi connectivity index (χ0v) is 15.3. The molecule has 0 amide bonds. The van der Waals surface area contributed by atoms with E-state index in [-0.39, 0.29) is 24.7 Å². The minimum absolute atomic E-state index is 0.127. The number of esters is 1. The van der Waals surface area contributed by atoms with Gasteiger partial charge in [-0.3, -0.25) is 4.79 Å². The van der Waals surface area contributed by atoms with Gasteiger partial charge in [0.15, 0.2) is 0 Å². The number of thioether (sulfide) groups is 1.